The molecule has 3 rings (SSSR count). The predicted octanol–water partition coefficient (Wildman–Crippen LogP) is 4.20. The molecule has 6 heteroatoms. The third kappa shape index (κ3) is 4.24. The Morgan fingerprint density at radius 3 is 2.38 bits per heavy atom. The first-order chi connectivity index (χ1) is 12.6. The summed E-state index contributed by atoms with van der Waals surface area (Å²) in [7, 11) is 0. The molecule has 2 N–H and O–H groups in total. The van der Waals surface area contributed by atoms with E-state index < -0.39 is 12.1 Å². The summed E-state index contributed by atoms with van der Waals surface area (Å²) in [6, 6.07) is 19.2. The summed E-state index contributed by atoms with van der Waals surface area (Å²) in [6.45, 7) is 0.181. The van der Waals surface area contributed by atoms with Gasteiger partial charge in [-0.05, 0) is 29.8 Å². The minimum atomic E-state index is -1.04. The van der Waals surface area contributed by atoms with Crippen LogP contribution in [-0.4, -0.2) is 22.2 Å². The highest BCUT2D eigenvalue weighted by Gasteiger charge is 2.12. The molecule has 1 aromatic heterocycles. The van der Waals surface area contributed by atoms with E-state index in [9.17, 15) is 14.7 Å². The second kappa shape index (κ2) is 7.94. The lowest BCUT2D eigenvalue weighted by Crippen LogP contribution is -2.13. The van der Waals surface area contributed by atoms with Gasteiger partial charge in [0, 0.05) is 17.4 Å². The number of amides is 1. The number of hydrogen-bond donors (Lipinski definition) is 2. The maximum Gasteiger partial charge on any atom is 0.411 e. The molecule has 130 valence electrons. The molecule has 0 bridgehead atoms. The van der Waals surface area contributed by atoms with E-state index in [4.69, 9.17) is 4.74 Å². The van der Waals surface area contributed by atoms with Gasteiger partial charge in [0.1, 0.15) is 6.61 Å². The predicted molar refractivity (Wildman–Crippen MR) is 96.9 cm³/mol. The summed E-state index contributed by atoms with van der Waals surface area (Å²) in [4.78, 5) is 27.3. The highest BCUT2D eigenvalue weighted by Crippen LogP contribution is 2.23. The molecule has 0 aliphatic carbocycles. The number of nitrogens with zero attached hydrogens (tertiary/aromatic N) is 1. The fourth-order valence-corrected chi connectivity index (χ4v) is 2.40. The normalized spacial score (nSPS) is 10.2. The number of pyridine rings is 1. The lowest BCUT2D eigenvalue weighted by atomic mass is 10.1. The molecule has 0 saturated carbocycles. The van der Waals surface area contributed by atoms with Gasteiger partial charge in [0.15, 0.2) is 0 Å². The Morgan fingerprint density at radius 2 is 1.69 bits per heavy atom. The zero-order chi connectivity index (χ0) is 18.4. The molecule has 0 atom stereocenters. The van der Waals surface area contributed by atoms with Gasteiger partial charge in [0.2, 0.25) is 0 Å². The number of ether oxygens (including phenoxy) is 1. The Morgan fingerprint density at radius 1 is 0.962 bits per heavy atom. The van der Waals surface area contributed by atoms with Crippen molar-refractivity contribution in [3.63, 3.8) is 0 Å². The average Bonchev–Trinajstić information content (AvgIpc) is 2.68. The molecule has 2 aromatic carbocycles. The minimum absolute atomic E-state index is 0.121. The van der Waals surface area contributed by atoms with Crippen LogP contribution in [0.1, 0.15) is 15.9 Å². The number of aromatic carboxylic acids is 1. The summed E-state index contributed by atoms with van der Waals surface area (Å²) in [5.41, 5.74) is 2.58. The first-order valence-electron chi connectivity index (χ1n) is 7.90. The van der Waals surface area contributed by atoms with Crippen LogP contribution in [0.15, 0.2) is 72.9 Å². The van der Waals surface area contributed by atoms with Crippen molar-refractivity contribution in [1.82, 2.24) is 4.98 Å². The maximum absolute atomic E-state index is 11.9. The van der Waals surface area contributed by atoms with E-state index in [1.54, 1.807) is 30.3 Å². The van der Waals surface area contributed by atoms with Gasteiger partial charge in [-0.2, -0.15) is 0 Å². The lowest BCUT2D eigenvalue weighted by molar-refractivity contribution is 0.0697. The van der Waals surface area contributed by atoms with E-state index in [2.05, 4.69) is 10.3 Å². The fraction of sp³-hybridized carbons (Fsp3) is 0.0500. The number of benzene rings is 2. The summed E-state index contributed by atoms with van der Waals surface area (Å²) in [6.07, 6.45) is 0.972. The third-order valence-corrected chi connectivity index (χ3v) is 3.66. The minimum Gasteiger partial charge on any atom is -0.478 e. The molecule has 1 heterocycles. The quantitative estimate of drug-likeness (QED) is 0.721. The summed E-state index contributed by atoms with van der Waals surface area (Å²) >= 11 is 0. The highest BCUT2D eigenvalue weighted by atomic mass is 16.5. The number of anilines is 1. The second-order valence-electron chi connectivity index (χ2n) is 5.47. The van der Waals surface area contributed by atoms with Crippen molar-refractivity contribution in [3.8, 4) is 11.3 Å². The Labute approximate surface area is 150 Å². The van der Waals surface area contributed by atoms with Crippen LogP contribution in [0.3, 0.4) is 0 Å². The number of hydrogen-bond acceptors (Lipinski definition) is 4. The Kier molecular flexibility index (Phi) is 5.24. The van der Waals surface area contributed by atoms with Gasteiger partial charge in [-0.1, -0.05) is 42.5 Å². The smallest absolute Gasteiger partial charge is 0.411 e. The van der Waals surface area contributed by atoms with Gasteiger partial charge in [-0.25, -0.2) is 9.59 Å². The first-order valence-corrected chi connectivity index (χ1v) is 7.90. The van der Waals surface area contributed by atoms with E-state index in [0.717, 1.165) is 5.56 Å². The first kappa shape index (κ1) is 17.2. The molecule has 3 aromatic rings. The van der Waals surface area contributed by atoms with Crippen LogP contribution < -0.4 is 5.32 Å². The number of carboxylic acids is 1. The highest BCUT2D eigenvalue weighted by molar-refractivity contribution is 5.95. The molecule has 0 saturated heterocycles. The summed E-state index contributed by atoms with van der Waals surface area (Å²) in [5.74, 6) is -1.04. The Bertz CT molecular complexity index is 909. The zero-order valence-corrected chi connectivity index (χ0v) is 13.8. The molecule has 0 aliphatic rings. The van der Waals surface area contributed by atoms with E-state index in [-0.39, 0.29) is 12.2 Å². The molecule has 26 heavy (non-hydrogen) atoms. The SMILES string of the molecule is O=C(Nc1ccc(-c2ncccc2C(=O)O)cc1)OCc1ccccc1. The van der Waals surface area contributed by atoms with Crippen molar-refractivity contribution in [3.05, 3.63) is 84.1 Å². The molecule has 0 aliphatic heterocycles. The number of carbonyl (C=O) groups is 2. The molecule has 1 amide bonds. The number of rotatable bonds is 5. The molecular weight excluding hydrogens is 332 g/mol. The molecule has 0 spiro atoms. The number of aromatic nitrogens is 1. The number of carbonyl (C=O) groups excluding carboxylic acids is 1. The summed E-state index contributed by atoms with van der Waals surface area (Å²) < 4.78 is 5.16. The van der Waals surface area contributed by atoms with Crippen LogP contribution in [0.4, 0.5) is 10.5 Å². The number of nitrogens with one attached hydrogen (secondary N) is 1. The van der Waals surface area contributed by atoms with Crippen LogP contribution in [0.2, 0.25) is 0 Å². The van der Waals surface area contributed by atoms with E-state index in [1.165, 1.54) is 12.3 Å². The molecule has 0 radical (unpaired) electrons. The molecule has 6 nitrogen and oxygen atoms in total. The van der Waals surface area contributed by atoms with Gasteiger partial charge >= 0.3 is 12.1 Å². The van der Waals surface area contributed by atoms with Crippen molar-refractivity contribution in [2.24, 2.45) is 0 Å². The van der Waals surface area contributed by atoms with Crippen molar-refractivity contribution >= 4 is 17.7 Å². The lowest BCUT2D eigenvalue weighted by Gasteiger charge is -2.09. The van der Waals surface area contributed by atoms with E-state index in [0.29, 0.717) is 16.9 Å². The van der Waals surface area contributed by atoms with Gasteiger partial charge in [0.25, 0.3) is 0 Å². The van der Waals surface area contributed by atoms with Crippen molar-refractivity contribution in [2.75, 3.05) is 5.32 Å². The van der Waals surface area contributed by atoms with Crippen LogP contribution in [-0.2, 0) is 11.3 Å². The largest absolute Gasteiger partial charge is 0.478 e. The topological polar surface area (TPSA) is 88.5 Å². The average molecular weight is 348 g/mol. The van der Waals surface area contributed by atoms with Crippen molar-refractivity contribution < 1.29 is 19.4 Å². The van der Waals surface area contributed by atoms with E-state index >= 15 is 0 Å². The van der Waals surface area contributed by atoms with Gasteiger partial charge in [-0.15, -0.1) is 0 Å². The Balaban J connectivity index is 1.65. The number of carboxylic acid groups (broad SMARTS) is 1. The summed E-state index contributed by atoms with van der Waals surface area (Å²) in [5, 5.41) is 11.9. The molecular formula is C20H16N2O4. The van der Waals surface area contributed by atoms with E-state index in [1.807, 2.05) is 30.3 Å². The zero-order valence-electron chi connectivity index (χ0n) is 13.8. The monoisotopic (exact) mass is 348 g/mol. The van der Waals surface area contributed by atoms with Crippen LogP contribution in [0.5, 0.6) is 0 Å². The molecule has 0 fully saturated rings. The third-order valence-electron chi connectivity index (χ3n) is 3.66. The van der Waals surface area contributed by atoms with Crippen molar-refractivity contribution in [1.29, 1.82) is 0 Å². The van der Waals surface area contributed by atoms with Gasteiger partial charge in [0.05, 0.1) is 11.3 Å². The van der Waals surface area contributed by atoms with Gasteiger partial charge < -0.3 is 9.84 Å². The van der Waals surface area contributed by atoms with Crippen LogP contribution >= 0.6 is 0 Å². The van der Waals surface area contributed by atoms with Crippen molar-refractivity contribution in [2.45, 2.75) is 6.61 Å². The second-order valence-corrected chi connectivity index (χ2v) is 5.47. The molecule has 0 unspecified atom stereocenters. The Hall–Kier alpha value is -3.67. The van der Waals surface area contributed by atoms with Crippen LogP contribution in [0, 0.1) is 0 Å². The van der Waals surface area contributed by atoms with Crippen LogP contribution in [0.25, 0.3) is 11.3 Å². The maximum atomic E-state index is 11.9. The van der Waals surface area contributed by atoms with Gasteiger partial charge in [-0.3, -0.25) is 10.3 Å². The standard InChI is InChI=1S/C20H16N2O4/c23-19(24)17-7-4-12-21-18(17)15-8-10-16(11-9-15)22-20(25)26-13-14-5-2-1-3-6-14/h1-12H,13H2,(H,22,25)(H,23,24). The fourth-order valence-electron chi connectivity index (χ4n) is 2.40.